The topological polar surface area (TPSA) is 76.0 Å². The lowest BCUT2D eigenvalue weighted by molar-refractivity contribution is 0.202. The minimum atomic E-state index is -3.14. The zero-order valence-electron chi connectivity index (χ0n) is 14.5. The summed E-state index contributed by atoms with van der Waals surface area (Å²) >= 11 is 0. The Morgan fingerprint density at radius 1 is 1.09 bits per heavy atom. The van der Waals surface area contributed by atoms with Crippen molar-refractivity contribution in [1.29, 1.82) is 0 Å². The van der Waals surface area contributed by atoms with Gasteiger partial charge >= 0.3 is 7.60 Å². The van der Waals surface area contributed by atoms with Crippen LogP contribution in [-0.2, 0) is 19.0 Å². The van der Waals surface area contributed by atoms with Gasteiger partial charge in [0.15, 0.2) is 0 Å². The molecule has 0 fully saturated rings. The minimum absolute atomic E-state index is 0.0959. The summed E-state index contributed by atoms with van der Waals surface area (Å²) in [7, 11) is -3.14. The van der Waals surface area contributed by atoms with Gasteiger partial charge in [-0.2, -0.15) is 0 Å². The van der Waals surface area contributed by atoms with Crippen LogP contribution in [0.2, 0.25) is 0 Å². The maximum absolute atomic E-state index is 12.8. The predicted octanol–water partition coefficient (Wildman–Crippen LogP) is 4.81. The highest BCUT2D eigenvalue weighted by atomic mass is 31.2. The number of phenols is 2. The molecule has 0 aliphatic heterocycles. The molecule has 0 bridgehead atoms. The summed E-state index contributed by atoms with van der Waals surface area (Å²) in [5.41, 5.74) is 0.152. The molecule has 0 atom stereocenters. The Balaban J connectivity index is 2.85. The highest BCUT2D eigenvalue weighted by molar-refractivity contribution is 7.53. The van der Waals surface area contributed by atoms with Crippen LogP contribution in [0.15, 0.2) is 18.2 Å². The van der Waals surface area contributed by atoms with Crippen LogP contribution in [0.3, 0.4) is 0 Å². The summed E-state index contributed by atoms with van der Waals surface area (Å²) in [4.78, 5) is 0. The first-order chi connectivity index (χ1) is 10.7. The lowest BCUT2D eigenvalue weighted by Gasteiger charge is -2.28. The van der Waals surface area contributed by atoms with Gasteiger partial charge in [-0.3, -0.25) is 4.57 Å². The fourth-order valence-corrected chi connectivity index (χ4v) is 4.33. The number of aromatic hydroxyl groups is 2. The van der Waals surface area contributed by atoms with E-state index in [9.17, 15) is 14.8 Å². The van der Waals surface area contributed by atoms with Crippen LogP contribution in [0, 0.1) is 0 Å². The minimum Gasteiger partial charge on any atom is -0.508 e. The van der Waals surface area contributed by atoms with Gasteiger partial charge in [-0.25, -0.2) is 0 Å². The van der Waals surface area contributed by atoms with Gasteiger partial charge < -0.3 is 19.3 Å². The number of benzene rings is 1. The van der Waals surface area contributed by atoms with Crippen molar-refractivity contribution in [2.24, 2.45) is 0 Å². The van der Waals surface area contributed by atoms with Crippen LogP contribution in [0.25, 0.3) is 0 Å². The predicted molar refractivity (Wildman–Crippen MR) is 92.4 cm³/mol. The summed E-state index contributed by atoms with van der Waals surface area (Å²) in [6.45, 7) is 8.59. The van der Waals surface area contributed by atoms with Crippen LogP contribution in [0.5, 0.6) is 11.5 Å². The van der Waals surface area contributed by atoms with Gasteiger partial charge in [0.25, 0.3) is 0 Å². The molecule has 0 spiro atoms. The van der Waals surface area contributed by atoms with E-state index in [0.717, 1.165) is 12.8 Å². The molecule has 23 heavy (non-hydrogen) atoms. The Bertz CT molecular complexity index is 530. The lowest BCUT2D eigenvalue weighted by atomic mass is 9.81. The van der Waals surface area contributed by atoms with E-state index in [-0.39, 0.29) is 17.7 Å². The molecule has 0 amide bonds. The third-order valence-corrected chi connectivity index (χ3v) is 5.63. The smallest absolute Gasteiger partial charge is 0.330 e. The summed E-state index contributed by atoms with van der Waals surface area (Å²) in [5, 5.41) is 19.7. The van der Waals surface area contributed by atoms with Gasteiger partial charge in [0.1, 0.15) is 11.5 Å². The van der Waals surface area contributed by atoms with Gasteiger partial charge in [0, 0.05) is 5.56 Å². The molecule has 0 aliphatic rings. The molecule has 0 unspecified atom stereocenters. The lowest BCUT2D eigenvalue weighted by Crippen LogP contribution is -2.20. The molecule has 1 aromatic rings. The van der Waals surface area contributed by atoms with Gasteiger partial charge in [0.05, 0.1) is 19.4 Å². The first-order valence-electron chi connectivity index (χ1n) is 8.14. The van der Waals surface area contributed by atoms with Crippen molar-refractivity contribution in [3.05, 3.63) is 23.8 Å². The molecule has 0 aliphatic carbocycles. The van der Waals surface area contributed by atoms with Crippen LogP contribution in [0.4, 0.5) is 0 Å². The van der Waals surface area contributed by atoms with Gasteiger partial charge in [-0.15, -0.1) is 0 Å². The second-order valence-electron chi connectivity index (χ2n) is 6.34. The van der Waals surface area contributed by atoms with E-state index in [1.807, 2.05) is 27.7 Å². The van der Waals surface area contributed by atoms with Crippen molar-refractivity contribution in [2.75, 3.05) is 19.4 Å². The third kappa shape index (κ3) is 6.17. The molecule has 0 heterocycles. The van der Waals surface area contributed by atoms with Crippen molar-refractivity contribution in [3.8, 4) is 11.5 Å². The van der Waals surface area contributed by atoms with Crippen molar-refractivity contribution in [3.63, 3.8) is 0 Å². The Kier molecular flexibility index (Phi) is 7.59. The average Bonchev–Trinajstić information content (AvgIpc) is 2.51. The van der Waals surface area contributed by atoms with Crippen LogP contribution in [0.1, 0.15) is 52.5 Å². The molecule has 1 rings (SSSR count). The van der Waals surface area contributed by atoms with E-state index in [0.29, 0.717) is 25.2 Å². The molecule has 2 N–H and O–H groups in total. The second-order valence-corrected chi connectivity index (χ2v) is 8.52. The van der Waals surface area contributed by atoms with E-state index in [4.69, 9.17) is 9.05 Å². The highest BCUT2D eigenvalue weighted by Crippen LogP contribution is 2.51. The normalized spacial score (nSPS) is 12.5. The molecule has 0 radical (unpaired) electrons. The molecule has 1 aromatic carbocycles. The summed E-state index contributed by atoms with van der Waals surface area (Å²) in [5.74, 6) is 0.213. The standard InChI is InChI=1S/C17H29O5P/c1-5-10-21-23(20,22-11-6-2)12-9-17(3,4)15-13-14(18)7-8-16(15)19/h7-8,13,18-19H,5-6,9-12H2,1-4H3. The Morgan fingerprint density at radius 3 is 2.17 bits per heavy atom. The molecule has 0 saturated heterocycles. The molecule has 0 aromatic heterocycles. The maximum Gasteiger partial charge on any atom is 0.330 e. The SMILES string of the molecule is CCCOP(=O)(CCC(C)(C)c1cc(O)ccc1O)OCCC. The number of phenolic OH excluding ortho intramolecular Hbond substituents is 2. The van der Waals surface area contributed by atoms with Gasteiger partial charge in [0.2, 0.25) is 0 Å². The number of hydrogen-bond acceptors (Lipinski definition) is 5. The molecule has 0 saturated carbocycles. The van der Waals surface area contributed by atoms with Crippen LogP contribution < -0.4 is 0 Å². The molecular formula is C17H29O5P. The van der Waals surface area contributed by atoms with Gasteiger partial charge in [-0.05, 0) is 42.9 Å². The fraction of sp³-hybridized carbons (Fsp3) is 0.647. The van der Waals surface area contributed by atoms with Crippen molar-refractivity contribution < 1.29 is 23.8 Å². The second kappa shape index (κ2) is 8.72. The quantitative estimate of drug-likeness (QED) is 0.470. The van der Waals surface area contributed by atoms with E-state index in [1.54, 1.807) is 6.07 Å². The summed E-state index contributed by atoms with van der Waals surface area (Å²) < 4.78 is 23.8. The highest BCUT2D eigenvalue weighted by Gasteiger charge is 2.31. The van der Waals surface area contributed by atoms with Crippen molar-refractivity contribution in [1.82, 2.24) is 0 Å². The Morgan fingerprint density at radius 2 is 1.65 bits per heavy atom. The van der Waals surface area contributed by atoms with E-state index < -0.39 is 13.0 Å². The maximum atomic E-state index is 12.8. The largest absolute Gasteiger partial charge is 0.508 e. The first-order valence-corrected chi connectivity index (χ1v) is 9.87. The van der Waals surface area contributed by atoms with E-state index in [1.165, 1.54) is 12.1 Å². The zero-order chi connectivity index (χ0) is 17.5. The molecule has 5 nitrogen and oxygen atoms in total. The summed E-state index contributed by atoms with van der Waals surface area (Å²) in [6.07, 6.45) is 2.33. The molecule has 132 valence electrons. The summed E-state index contributed by atoms with van der Waals surface area (Å²) in [6, 6.07) is 4.45. The van der Waals surface area contributed by atoms with E-state index in [2.05, 4.69) is 0 Å². The Hall–Kier alpha value is -1.03. The van der Waals surface area contributed by atoms with Crippen molar-refractivity contribution in [2.45, 2.75) is 52.4 Å². The van der Waals surface area contributed by atoms with Crippen molar-refractivity contribution >= 4 is 7.60 Å². The fourth-order valence-electron chi connectivity index (χ4n) is 2.24. The number of hydrogen-bond donors (Lipinski definition) is 2. The van der Waals surface area contributed by atoms with Crippen LogP contribution in [-0.4, -0.2) is 29.6 Å². The zero-order valence-corrected chi connectivity index (χ0v) is 15.4. The Labute approximate surface area is 139 Å². The van der Waals surface area contributed by atoms with Crippen LogP contribution >= 0.6 is 7.60 Å². The monoisotopic (exact) mass is 344 g/mol. The molecule has 6 heteroatoms. The third-order valence-electron chi connectivity index (χ3n) is 3.70. The first kappa shape index (κ1) is 20.0. The number of rotatable bonds is 10. The molecular weight excluding hydrogens is 315 g/mol. The van der Waals surface area contributed by atoms with Gasteiger partial charge in [-0.1, -0.05) is 27.7 Å². The van der Waals surface area contributed by atoms with E-state index >= 15 is 0 Å². The average molecular weight is 344 g/mol.